The third-order valence-corrected chi connectivity index (χ3v) is 4.03. The highest BCUT2D eigenvalue weighted by molar-refractivity contribution is 5.40. The molecule has 1 aliphatic heterocycles. The van der Waals surface area contributed by atoms with Crippen LogP contribution in [-0.4, -0.2) is 50.8 Å². The molecule has 0 saturated carbocycles. The maximum Gasteiger partial charge on any atom is 0.126 e. The van der Waals surface area contributed by atoms with Crippen LogP contribution < -0.4 is 14.8 Å². The van der Waals surface area contributed by atoms with Crippen molar-refractivity contribution in [1.82, 2.24) is 10.2 Å². The van der Waals surface area contributed by atoms with Gasteiger partial charge < -0.3 is 19.7 Å². The summed E-state index contributed by atoms with van der Waals surface area (Å²) in [6.07, 6.45) is 3.53. The Morgan fingerprint density at radius 3 is 2.55 bits per heavy atom. The topological polar surface area (TPSA) is 33.7 Å². The lowest BCUT2D eigenvalue weighted by Gasteiger charge is -2.27. The van der Waals surface area contributed by atoms with E-state index in [1.807, 2.05) is 19.9 Å². The molecule has 124 valence electrons. The number of ether oxygens (including phenoxy) is 2. The minimum absolute atomic E-state index is 0.690. The Hall–Kier alpha value is -1.26. The molecule has 0 aliphatic carbocycles. The molecule has 1 aliphatic rings. The van der Waals surface area contributed by atoms with E-state index in [-0.39, 0.29) is 0 Å². The number of nitrogens with zero attached hydrogens (tertiary/aromatic N) is 1. The molecule has 1 saturated heterocycles. The number of benzene rings is 1. The van der Waals surface area contributed by atoms with Crippen LogP contribution in [0.1, 0.15) is 32.3 Å². The normalized spacial score (nSPS) is 15.7. The standard InChI is InChI=1S/C18H30N2O2/c1-3-21-17-9-8-16(18(15-17)22-4-2)7-5-6-12-20-13-10-19-11-14-20/h8-9,15,19H,3-7,10-14H2,1-2H3. The predicted octanol–water partition coefficient (Wildman–Crippen LogP) is 2.71. The fraction of sp³-hybridized carbons (Fsp3) is 0.667. The second-order valence-electron chi connectivity index (χ2n) is 5.68. The molecule has 4 nitrogen and oxygen atoms in total. The smallest absolute Gasteiger partial charge is 0.126 e. The van der Waals surface area contributed by atoms with E-state index in [1.165, 1.54) is 38.0 Å². The Morgan fingerprint density at radius 2 is 1.82 bits per heavy atom. The molecule has 2 rings (SSSR count). The number of rotatable bonds is 9. The zero-order valence-electron chi connectivity index (χ0n) is 14.1. The molecule has 0 unspecified atom stereocenters. The predicted molar refractivity (Wildman–Crippen MR) is 91.0 cm³/mol. The minimum Gasteiger partial charge on any atom is -0.494 e. The van der Waals surface area contributed by atoms with E-state index in [2.05, 4.69) is 22.3 Å². The van der Waals surface area contributed by atoms with Crippen molar-refractivity contribution in [3.05, 3.63) is 23.8 Å². The lowest BCUT2D eigenvalue weighted by molar-refractivity contribution is 0.236. The molecular formula is C18H30N2O2. The van der Waals surface area contributed by atoms with Crippen LogP contribution in [0.5, 0.6) is 11.5 Å². The molecule has 1 fully saturated rings. The minimum atomic E-state index is 0.690. The van der Waals surface area contributed by atoms with Gasteiger partial charge in [0.05, 0.1) is 13.2 Å². The first-order valence-corrected chi connectivity index (χ1v) is 8.65. The third kappa shape index (κ3) is 5.50. The van der Waals surface area contributed by atoms with Gasteiger partial charge in [-0.15, -0.1) is 0 Å². The number of unbranched alkanes of at least 4 members (excludes halogenated alkanes) is 1. The van der Waals surface area contributed by atoms with Crippen LogP contribution in [-0.2, 0) is 6.42 Å². The van der Waals surface area contributed by atoms with E-state index in [1.54, 1.807) is 0 Å². The highest BCUT2D eigenvalue weighted by Gasteiger charge is 2.09. The van der Waals surface area contributed by atoms with Crippen molar-refractivity contribution < 1.29 is 9.47 Å². The van der Waals surface area contributed by atoms with E-state index in [4.69, 9.17) is 9.47 Å². The molecule has 0 bridgehead atoms. The van der Waals surface area contributed by atoms with Crippen LogP contribution in [0.15, 0.2) is 18.2 Å². The van der Waals surface area contributed by atoms with Gasteiger partial charge in [-0.05, 0) is 51.3 Å². The van der Waals surface area contributed by atoms with E-state index < -0.39 is 0 Å². The molecule has 0 radical (unpaired) electrons. The third-order valence-electron chi connectivity index (χ3n) is 4.03. The zero-order valence-corrected chi connectivity index (χ0v) is 14.1. The van der Waals surface area contributed by atoms with Crippen LogP contribution in [0.25, 0.3) is 0 Å². The first-order chi connectivity index (χ1) is 10.8. The SMILES string of the molecule is CCOc1ccc(CCCCN2CCNCC2)c(OCC)c1. The fourth-order valence-corrected chi connectivity index (χ4v) is 2.87. The summed E-state index contributed by atoms with van der Waals surface area (Å²) in [6.45, 7) is 11.3. The maximum absolute atomic E-state index is 5.77. The van der Waals surface area contributed by atoms with Gasteiger partial charge in [0.1, 0.15) is 11.5 Å². The lowest BCUT2D eigenvalue weighted by atomic mass is 10.1. The fourth-order valence-electron chi connectivity index (χ4n) is 2.87. The van der Waals surface area contributed by atoms with Gasteiger partial charge in [0.25, 0.3) is 0 Å². The highest BCUT2D eigenvalue weighted by Crippen LogP contribution is 2.26. The number of hydrogen-bond donors (Lipinski definition) is 1. The molecule has 1 heterocycles. The maximum atomic E-state index is 5.77. The summed E-state index contributed by atoms with van der Waals surface area (Å²) in [7, 11) is 0. The first-order valence-electron chi connectivity index (χ1n) is 8.65. The molecule has 22 heavy (non-hydrogen) atoms. The van der Waals surface area contributed by atoms with E-state index in [9.17, 15) is 0 Å². The van der Waals surface area contributed by atoms with Gasteiger partial charge in [-0.3, -0.25) is 0 Å². The molecule has 0 atom stereocenters. The molecule has 1 N–H and O–H groups in total. The van der Waals surface area contributed by atoms with Crippen molar-refractivity contribution in [3.63, 3.8) is 0 Å². The molecule has 0 aromatic heterocycles. The summed E-state index contributed by atoms with van der Waals surface area (Å²) in [4.78, 5) is 2.55. The average Bonchev–Trinajstić information content (AvgIpc) is 2.55. The zero-order chi connectivity index (χ0) is 15.6. The lowest BCUT2D eigenvalue weighted by Crippen LogP contribution is -2.43. The van der Waals surface area contributed by atoms with Crippen LogP contribution in [0.3, 0.4) is 0 Å². The molecule has 0 amide bonds. The van der Waals surface area contributed by atoms with Crippen molar-refractivity contribution in [2.24, 2.45) is 0 Å². The summed E-state index contributed by atoms with van der Waals surface area (Å²) < 4.78 is 11.3. The summed E-state index contributed by atoms with van der Waals surface area (Å²) >= 11 is 0. The summed E-state index contributed by atoms with van der Waals surface area (Å²) in [5, 5.41) is 3.40. The Labute approximate surface area is 134 Å². The Balaban J connectivity index is 1.80. The van der Waals surface area contributed by atoms with E-state index in [0.29, 0.717) is 13.2 Å². The monoisotopic (exact) mass is 306 g/mol. The van der Waals surface area contributed by atoms with Gasteiger partial charge in [0.15, 0.2) is 0 Å². The van der Waals surface area contributed by atoms with Crippen molar-refractivity contribution in [2.75, 3.05) is 45.9 Å². The number of aryl methyl sites for hydroxylation is 1. The number of hydrogen-bond acceptors (Lipinski definition) is 4. The van der Waals surface area contributed by atoms with Gasteiger partial charge in [-0.1, -0.05) is 6.07 Å². The van der Waals surface area contributed by atoms with Crippen LogP contribution in [0, 0.1) is 0 Å². The second-order valence-corrected chi connectivity index (χ2v) is 5.68. The molecular weight excluding hydrogens is 276 g/mol. The van der Waals surface area contributed by atoms with Gasteiger partial charge in [-0.25, -0.2) is 0 Å². The van der Waals surface area contributed by atoms with Gasteiger partial charge in [0.2, 0.25) is 0 Å². The Morgan fingerprint density at radius 1 is 1.05 bits per heavy atom. The number of nitrogens with one attached hydrogen (secondary N) is 1. The Kier molecular flexibility index (Phi) is 7.54. The van der Waals surface area contributed by atoms with Crippen LogP contribution in [0.2, 0.25) is 0 Å². The molecule has 1 aromatic carbocycles. The molecule has 0 spiro atoms. The summed E-state index contributed by atoms with van der Waals surface area (Å²) in [6, 6.07) is 6.23. The highest BCUT2D eigenvalue weighted by atomic mass is 16.5. The van der Waals surface area contributed by atoms with Gasteiger partial charge >= 0.3 is 0 Å². The van der Waals surface area contributed by atoms with E-state index >= 15 is 0 Å². The average molecular weight is 306 g/mol. The largest absolute Gasteiger partial charge is 0.494 e. The second kappa shape index (κ2) is 9.70. The van der Waals surface area contributed by atoms with E-state index in [0.717, 1.165) is 31.0 Å². The molecule has 4 heteroatoms. The van der Waals surface area contributed by atoms with Crippen LogP contribution >= 0.6 is 0 Å². The van der Waals surface area contributed by atoms with Crippen molar-refractivity contribution in [1.29, 1.82) is 0 Å². The van der Waals surface area contributed by atoms with Crippen LogP contribution in [0.4, 0.5) is 0 Å². The van der Waals surface area contributed by atoms with Gasteiger partial charge in [0, 0.05) is 32.2 Å². The van der Waals surface area contributed by atoms with Gasteiger partial charge in [-0.2, -0.15) is 0 Å². The summed E-state index contributed by atoms with van der Waals surface area (Å²) in [5.41, 5.74) is 1.30. The van der Waals surface area contributed by atoms with Crippen molar-refractivity contribution in [3.8, 4) is 11.5 Å². The summed E-state index contributed by atoms with van der Waals surface area (Å²) in [5.74, 6) is 1.88. The number of piperazine rings is 1. The van der Waals surface area contributed by atoms with Crippen molar-refractivity contribution >= 4 is 0 Å². The Bertz CT molecular complexity index is 431. The first kappa shape index (κ1) is 17.1. The quantitative estimate of drug-likeness (QED) is 0.711. The van der Waals surface area contributed by atoms with Crippen molar-refractivity contribution in [2.45, 2.75) is 33.1 Å². The molecule has 1 aromatic rings.